The summed E-state index contributed by atoms with van der Waals surface area (Å²) in [6.45, 7) is 4.10. The van der Waals surface area contributed by atoms with Crippen LogP contribution in [0.15, 0.2) is 60.7 Å². The molecule has 2 aromatic carbocycles. The Morgan fingerprint density at radius 2 is 1.71 bits per heavy atom. The van der Waals surface area contributed by atoms with Crippen molar-refractivity contribution in [1.82, 2.24) is 14.7 Å². The van der Waals surface area contributed by atoms with Gasteiger partial charge in [0.25, 0.3) is 5.91 Å². The summed E-state index contributed by atoms with van der Waals surface area (Å²) in [5, 5.41) is 4.54. The molecule has 0 saturated heterocycles. The lowest BCUT2D eigenvalue weighted by atomic mass is 10.2. The Morgan fingerprint density at radius 1 is 1.03 bits per heavy atom. The van der Waals surface area contributed by atoms with Crippen LogP contribution in [0, 0.1) is 0 Å². The monoisotopic (exact) mass is 417 g/mol. The molecule has 1 aliphatic carbocycles. The lowest BCUT2D eigenvalue weighted by Gasteiger charge is -2.26. The normalized spacial score (nSPS) is 12.6. The van der Waals surface area contributed by atoms with Gasteiger partial charge in [0, 0.05) is 23.8 Å². The van der Waals surface area contributed by atoms with Crippen molar-refractivity contribution in [2.45, 2.75) is 45.7 Å². The van der Waals surface area contributed by atoms with Crippen LogP contribution >= 0.6 is 0 Å². The van der Waals surface area contributed by atoms with Crippen LogP contribution in [-0.2, 0) is 28.9 Å². The van der Waals surface area contributed by atoms with Crippen LogP contribution in [-0.4, -0.2) is 39.2 Å². The number of hydrogen-bond acceptors (Lipinski definition) is 4. The van der Waals surface area contributed by atoms with Crippen molar-refractivity contribution in [2.24, 2.45) is 0 Å². The molecule has 0 N–H and O–H groups in total. The zero-order chi connectivity index (χ0) is 21.8. The summed E-state index contributed by atoms with van der Waals surface area (Å²) >= 11 is 0. The minimum absolute atomic E-state index is 0.00653. The standard InChI is InChI=1S/C25H27N3O3/c1-18(2)27(16-19-10-5-3-6-11-19)23(29)17-31-25(30)24-21-14-9-15-22(21)28(26-24)20-12-7-4-8-13-20/h3-8,10-13,18H,9,14-17H2,1-2H3. The van der Waals surface area contributed by atoms with E-state index in [9.17, 15) is 9.59 Å². The number of nitrogens with zero attached hydrogens (tertiary/aromatic N) is 3. The van der Waals surface area contributed by atoms with Crippen molar-refractivity contribution in [2.75, 3.05) is 6.61 Å². The van der Waals surface area contributed by atoms with Crippen LogP contribution in [0.1, 0.15) is 47.6 Å². The van der Waals surface area contributed by atoms with E-state index in [1.54, 1.807) is 4.90 Å². The van der Waals surface area contributed by atoms with Gasteiger partial charge in [0.1, 0.15) is 0 Å². The highest BCUT2D eigenvalue weighted by Crippen LogP contribution is 2.28. The molecule has 6 nitrogen and oxygen atoms in total. The van der Waals surface area contributed by atoms with E-state index in [0.29, 0.717) is 12.2 Å². The summed E-state index contributed by atoms with van der Waals surface area (Å²) in [4.78, 5) is 27.4. The number of carbonyl (C=O) groups excluding carboxylic acids is 2. The van der Waals surface area contributed by atoms with Crippen molar-refractivity contribution in [3.05, 3.63) is 83.2 Å². The van der Waals surface area contributed by atoms with Crippen LogP contribution in [0.2, 0.25) is 0 Å². The molecule has 1 aliphatic rings. The average Bonchev–Trinajstić information content (AvgIpc) is 3.39. The molecule has 4 rings (SSSR count). The van der Waals surface area contributed by atoms with Crippen LogP contribution in [0.4, 0.5) is 0 Å². The molecular formula is C25H27N3O3. The smallest absolute Gasteiger partial charge is 0.359 e. The van der Waals surface area contributed by atoms with Gasteiger partial charge in [-0.3, -0.25) is 4.79 Å². The maximum atomic E-state index is 12.8. The van der Waals surface area contributed by atoms with Crippen LogP contribution in [0.3, 0.4) is 0 Å². The molecule has 0 aliphatic heterocycles. The second-order valence-electron chi connectivity index (χ2n) is 8.05. The number of aromatic nitrogens is 2. The Hall–Kier alpha value is -3.41. The third-order valence-electron chi connectivity index (χ3n) is 5.59. The zero-order valence-electron chi connectivity index (χ0n) is 18.0. The van der Waals surface area contributed by atoms with Crippen LogP contribution < -0.4 is 0 Å². The van der Waals surface area contributed by atoms with Gasteiger partial charge in [-0.1, -0.05) is 48.5 Å². The van der Waals surface area contributed by atoms with E-state index in [4.69, 9.17) is 4.74 Å². The number of hydrogen-bond donors (Lipinski definition) is 0. The number of benzene rings is 2. The topological polar surface area (TPSA) is 64.4 Å². The second kappa shape index (κ2) is 9.16. The molecule has 0 fully saturated rings. The molecular weight excluding hydrogens is 390 g/mol. The Morgan fingerprint density at radius 3 is 2.39 bits per heavy atom. The van der Waals surface area contributed by atoms with Crippen molar-refractivity contribution in [1.29, 1.82) is 0 Å². The van der Waals surface area contributed by atoms with E-state index in [1.165, 1.54) is 0 Å². The maximum absolute atomic E-state index is 12.8. The van der Waals surface area contributed by atoms with E-state index >= 15 is 0 Å². The second-order valence-corrected chi connectivity index (χ2v) is 8.05. The molecule has 6 heteroatoms. The summed E-state index contributed by atoms with van der Waals surface area (Å²) in [5.74, 6) is -0.754. The molecule has 31 heavy (non-hydrogen) atoms. The van der Waals surface area contributed by atoms with Gasteiger partial charge >= 0.3 is 5.97 Å². The lowest BCUT2D eigenvalue weighted by molar-refractivity contribution is -0.136. The van der Waals surface area contributed by atoms with E-state index in [1.807, 2.05) is 79.2 Å². The molecule has 1 heterocycles. The van der Waals surface area contributed by atoms with E-state index < -0.39 is 5.97 Å². The fourth-order valence-corrected chi connectivity index (χ4v) is 4.00. The predicted molar refractivity (Wildman–Crippen MR) is 118 cm³/mol. The van der Waals surface area contributed by atoms with Crippen molar-refractivity contribution in [3.8, 4) is 5.69 Å². The summed E-state index contributed by atoms with van der Waals surface area (Å²) in [6, 6.07) is 19.6. The number of amides is 1. The van der Waals surface area contributed by atoms with Gasteiger partial charge in [0.05, 0.1) is 5.69 Å². The molecule has 0 atom stereocenters. The highest BCUT2D eigenvalue weighted by Gasteiger charge is 2.28. The van der Waals surface area contributed by atoms with Gasteiger partial charge < -0.3 is 9.64 Å². The van der Waals surface area contributed by atoms with E-state index in [2.05, 4.69) is 5.10 Å². The Bertz CT molecular complexity index is 1060. The van der Waals surface area contributed by atoms with Crippen molar-refractivity contribution in [3.63, 3.8) is 0 Å². The Labute approximate surface area is 182 Å². The Kier molecular flexibility index (Phi) is 6.16. The van der Waals surface area contributed by atoms with Gasteiger partial charge in [-0.05, 0) is 50.8 Å². The van der Waals surface area contributed by atoms with Crippen molar-refractivity contribution < 1.29 is 14.3 Å². The SMILES string of the molecule is CC(C)N(Cc1ccccc1)C(=O)COC(=O)c1nn(-c2ccccc2)c2c1CCC2. The molecule has 1 amide bonds. The summed E-state index contributed by atoms with van der Waals surface area (Å²) in [5.41, 5.74) is 4.27. The average molecular weight is 418 g/mol. The highest BCUT2D eigenvalue weighted by atomic mass is 16.5. The quantitative estimate of drug-likeness (QED) is 0.546. The fourth-order valence-electron chi connectivity index (χ4n) is 4.00. The molecule has 0 radical (unpaired) electrons. The molecule has 0 unspecified atom stereocenters. The molecule has 0 bridgehead atoms. The highest BCUT2D eigenvalue weighted by molar-refractivity contribution is 5.91. The van der Waals surface area contributed by atoms with Gasteiger partial charge in [0.2, 0.25) is 0 Å². The first kappa shape index (κ1) is 20.8. The largest absolute Gasteiger partial charge is 0.451 e. The molecule has 1 aromatic heterocycles. The predicted octanol–water partition coefficient (Wildman–Crippen LogP) is 3.96. The van der Waals surface area contributed by atoms with Crippen LogP contribution in [0.5, 0.6) is 0 Å². The number of ether oxygens (including phenoxy) is 1. The number of esters is 1. The van der Waals surface area contributed by atoms with E-state index in [-0.39, 0.29) is 18.6 Å². The first-order valence-corrected chi connectivity index (χ1v) is 10.7. The number of para-hydroxylation sites is 1. The van der Waals surface area contributed by atoms with Gasteiger partial charge in [-0.15, -0.1) is 0 Å². The first-order valence-electron chi connectivity index (χ1n) is 10.7. The third kappa shape index (κ3) is 4.53. The van der Waals surface area contributed by atoms with E-state index in [0.717, 1.165) is 41.8 Å². The zero-order valence-corrected chi connectivity index (χ0v) is 18.0. The molecule has 160 valence electrons. The minimum Gasteiger partial charge on any atom is -0.451 e. The molecule has 3 aromatic rings. The lowest BCUT2D eigenvalue weighted by Crippen LogP contribution is -2.39. The van der Waals surface area contributed by atoms with Gasteiger partial charge in [-0.2, -0.15) is 5.10 Å². The number of carbonyl (C=O) groups is 2. The van der Waals surface area contributed by atoms with Crippen molar-refractivity contribution >= 4 is 11.9 Å². The van der Waals surface area contributed by atoms with Crippen LogP contribution in [0.25, 0.3) is 5.69 Å². The number of fused-ring (bicyclic) bond motifs is 1. The summed E-state index contributed by atoms with van der Waals surface area (Å²) in [6.07, 6.45) is 2.66. The third-order valence-corrected chi connectivity index (χ3v) is 5.59. The minimum atomic E-state index is -0.537. The maximum Gasteiger partial charge on any atom is 0.359 e. The fraction of sp³-hybridized carbons (Fsp3) is 0.320. The van der Waals surface area contributed by atoms with Gasteiger partial charge in [-0.25, -0.2) is 9.48 Å². The summed E-state index contributed by atoms with van der Waals surface area (Å²) < 4.78 is 7.26. The van der Waals surface area contributed by atoms with Gasteiger partial charge in [0.15, 0.2) is 12.3 Å². The molecule has 0 spiro atoms. The first-order chi connectivity index (χ1) is 15.0. The summed E-state index contributed by atoms with van der Waals surface area (Å²) in [7, 11) is 0. The molecule has 0 saturated carbocycles. The Balaban J connectivity index is 1.47. The number of rotatable bonds is 7.